The highest BCUT2D eigenvalue weighted by molar-refractivity contribution is 5.89. The highest BCUT2D eigenvalue weighted by Gasteiger charge is 2.25. The van der Waals surface area contributed by atoms with Gasteiger partial charge in [0.05, 0.1) is 18.8 Å². The Bertz CT molecular complexity index is 842. The van der Waals surface area contributed by atoms with Crippen LogP contribution in [0.15, 0.2) is 52.1 Å². The highest BCUT2D eigenvalue weighted by atomic mass is 16.3. The van der Waals surface area contributed by atoms with E-state index in [2.05, 4.69) is 33.1 Å². The number of nitrogens with zero attached hydrogens (tertiary/aromatic N) is 2. The van der Waals surface area contributed by atoms with Crippen LogP contribution in [0.5, 0.6) is 0 Å². The van der Waals surface area contributed by atoms with Crippen LogP contribution in [0, 0.1) is 0 Å². The number of benzene rings is 1. The number of nitrogens with one attached hydrogen (secondary N) is 4. The van der Waals surface area contributed by atoms with Gasteiger partial charge in [-0.1, -0.05) is 12.1 Å². The van der Waals surface area contributed by atoms with Crippen LogP contribution in [0.4, 0.5) is 10.5 Å². The van der Waals surface area contributed by atoms with Gasteiger partial charge in [0.1, 0.15) is 5.76 Å². The second-order valence-corrected chi connectivity index (χ2v) is 8.30. The fraction of sp³-hybridized carbons (Fsp3) is 0.500. The maximum Gasteiger partial charge on any atom is 0.319 e. The summed E-state index contributed by atoms with van der Waals surface area (Å²) in [5, 5.41) is 12.5. The van der Waals surface area contributed by atoms with Crippen LogP contribution in [0.3, 0.4) is 0 Å². The Morgan fingerprint density at radius 2 is 1.88 bits per heavy atom. The van der Waals surface area contributed by atoms with E-state index in [0.717, 1.165) is 49.1 Å². The molecule has 174 valence electrons. The van der Waals surface area contributed by atoms with Crippen LogP contribution < -0.4 is 21.3 Å². The zero-order valence-electron chi connectivity index (χ0n) is 19.4. The second-order valence-electron chi connectivity index (χ2n) is 8.30. The summed E-state index contributed by atoms with van der Waals surface area (Å²) in [6, 6.07) is 11.8. The molecule has 2 heterocycles. The van der Waals surface area contributed by atoms with Gasteiger partial charge in [-0.2, -0.15) is 0 Å². The fourth-order valence-corrected chi connectivity index (χ4v) is 3.77. The minimum Gasteiger partial charge on any atom is -0.468 e. The largest absolute Gasteiger partial charge is 0.468 e. The second kappa shape index (κ2) is 12.1. The van der Waals surface area contributed by atoms with E-state index in [1.807, 2.05) is 50.2 Å². The molecule has 8 heteroatoms. The number of amides is 2. The molecular formula is C24H36N6O2. The Labute approximate surface area is 190 Å². The van der Waals surface area contributed by atoms with E-state index in [1.54, 1.807) is 6.26 Å². The minimum atomic E-state index is -0.200. The zero-order valence-corrected chi connectivity index (χ0v) is 19.4. The van der Waals surface area contributed by atoms with Crippen molar-refractivity contribution in [3.63, 3.8) is 0 Å². The van der Waals surface area contributed by atoms with Gasteiger partial charge < -0.3 is 25.7 Å². The smallest absolute Gasteiger partial charge is 0.319 e. The number of hydrogen-bond acceptors (Lipinski definition) is 4. The number of urea groups is 1. The summed E-state index contributed by atoms with van der Waals surface area (Å²) in [5.41, 5.74) is 1.83. The molecular weight excluding hydrogens is 404 g/mol. The predicted molar refractivity (Wildman–Crippen MR) is 129 cm³/mol. The number of aliphatic imine (C=N–C) groups is 1. The molecule has 0 aliphatic carbocycles. The van der Waals surface area contributed by atoms with Crippen molar-refractivity contribution in [3.05, 3.63) is 54.0 Å². The lowest BCUT2D eigenvalue weighted by atomic mass is 10.2. The molecule has 8 nitrogen and oxygen atoms in total. The molecule has 1 aliphatic rings. The van der Waals surface area contributed by atoms with Gasteiger partial charge in [-0.25, -0.2) is 9.79 Å². The van der Waals surface area contributed by atoms with Gasteiger partial charge in [-0.05, 0) is 76.5 Å². The Kier molecular flexibility index (Phi) is 8.98. The number of anilines is 1. The van der Waals surface area contributed by atoms with Crippen molar-refractivity contribution in [2.24, 2.45) is 4.99 Å². The SMILES string of the molecule is CCNC(=NCc1ccc(NC(=O)NC(C)C)cc1)NCC(c1ccco1)N1CCCC1. The van der Waals surface area contributed by atoms with Crippen molar-refractivity contribution in [2.75, 3.05) is 31.5 Å². The molecule has 0 radical (unpaired) electrons. The van der Waals surface area contributed by atoms with Crippen molar-refractivity contribution >= 4 is 17.7 Å². The van der Waals surface area contributed by atoms with Gasteiger partial charge in [0.15, 0.2) is 5.96 Å². The van der Waals surface area contributed by atoms with Gasteiger partial charge >= 0.3 is 6.03 Å². The van der Waals surface area contributed by atoms with Crippen LogP contribution >= 0.6 is 0 Å². The Morgan fingerprint density at radius 1 is 1.12 bits per heavy atom. The third-order valence-corrected chi connectivity index (χ3v) is 5.31. The van der Waals surface area contributed by atoms with Crippen LogP contribution in [-0.2, 0) is 6.54 Å². The summed E-state index contributed by atoms with van der Waals surface area (Å²) in [5.74, 6) is 1.77. The van der Waals surface area contributed by atoms with Gasteiger partial charge in [0.2, 0.25) is 0 Å². The van der Waals surface area contributed by atoms with Gasteiger partial charge in [0, 0.05) is 24.8 Å². The van der Waals surface area contributed by atoms with E-state index < -0.39 is 0 Å². The molecule has 1 aromatic carbocycles. The standard InChI is InChI=1S/C24H36N6O2/c1-4-25-23(27-17-21(22-8-7-15-32-22)30-13-5-6-14-30)26-16-19-9-11-20(12-10-19)29-24(31)28-18(2)3/h7-12,15,18,21H,4-6,13-14,16-17H2,1-3H3,(H2,25,26,27)(H2,28,29,31). The zero-order chi connectivity index (χ0) is 22.8. The first kappa shape index (κ1) is 23.7. The number of carbonyl (C=O) groups excluding carboxylic acids is 1. The first-order valence-corrected chi connectivity index (χ1v) is 11.5. The van der Waals surface area contributed by atoms with Crippen molar-refractivity contribution in [1.82, 2.24) is 20.9 Å². The average Bonchev–Trinajstić information content (AvgIpc) is 3.47. The average molecular weight is 441 g/mol. The third kappa shape index (κ3) is 7.30. The van der Waals surface area contributed by atoms with Gasteiger partial charge in [-0.3, -0.25) is 4.90 Å². The molecule has 1 unspecified atom stereocenters. The van der Waals surface area contributed by atoms with Gasteiger partial charge in [0.25, 0.3) is 0 Å². The summed E-state index contributed by atoms with van der Waals surface area (Å²) in [7, 11) is 0. The van der Waals surface area contributed by atoms with E-state index in [4.69, 9.17) is 9.41 Å². The molecule has 0 spiro atoms. The number of furan rings is 1. The summed E-state index contributed by atoms with van der Waals surface area (Å²) in [6.45, 7) is 10.2. The van der Waals surface area contributed by atoms with Crippen LogP contribution in [-0.4, -0.2) is 49.1 Å². The molecule has 0 saturated carbocycles. The van der Waals surface area contributed by atoms with Crippen LogP contribution in [0.25, 0.3) is 0 Å². The maximum absolute atomic E-state index is 11.8. The molecule has 3 rings (SSSR count). The quantitative estimate of drug-likeness (QED) is 0.352. The molecule has 2 aromatic rings. The summed E-state index contributed by atoms with van der Waals surface area (Å²) in [4.78, 5) is 19.0. The molecule has 1 aliphatic heterocycles. The molecule has 32 heavy (non-hydrogen) atoms. The van der Waals surface area contributed by atoms with Crippen molar-refractivity contribution in [1.29, 1.82) is 0 Å². The van der Waals surface area contributed by atoms with E-state index in [1.165, 1.54) is 12.8 Å². The molecule has 1 saturated heterocycles. The molecule has 0 bridgehead atoms. The van der Waals surface area contributed by atoms with Crippen molar-refractivity contribution < 1.29 is 9.21 Å². The van der Waals surface area contributed by atoms with E-state index in [9.17, 15) is 4.79 Å². The first-order valence-electron chi connectivity index (χ1n) is 11.5. The lowest BCUT2D eigenvalue weighted by Crippen LogP contribution is -2.42. The first-order chi connectivity index (χ1) is 15.5. The van der Waals surface area contributed by atoms with Crippen LogP contribution in [0.2, 0.25) is 0 Å². The number of likely N-dealkylation sites (tertiary alicyclic amines) is 1. The number of guanidine groups is 1. The van der Waals surface area contributed by atoms with Gasteiger partial charge in [-0.15, -0.1) is 0 Å². The Hall–Kier alpha value is -3.00. The van der Waals surface area contributed by atoms with E-state index in [-0.39, 0.29) is 18.1 Å². The topological polar surface area (TPSA) is 93.9 Å². The van der Waals surface area contributed by atoms with Crippen molar-refractivity contribution in [3.8, 4) is 0 Å². The Balaban J connectivity index is 1.57. The summed E-state index contributed by atoms with van der Waals surface area (Å²) in [6.07, 6.45) is 4.20. The third-order valence-electron chi connectivity index (χ3n) is 5.31. The molecule has 2 amide bonds. The lowest BCUT2D eigenvalue weighted by molar-refractivity contribution is 0.215. The number of rotatable bonds is 9. The molecule has 1 aromatic heterocycles. The Morgan fingerprint density at radius 3 is 2.50 bits per heavy atom. The highest BCUT2D eigenvalue weighted by Crippen LogP contribution is 2.24. The van der Waals surface area contributed by atoms with E-state index in [0.29, 0.717) is 6.54 Å². The predicted octanol–water partition coefficient (Wildman–Crippen LogP) is 3.70. The number of carbonyl (C=O) groups is 1. The number of hydrogen-bond donors (Lipinski definition) is 4. The molecule has 4 N–H and O–H groups in total. The normalized spacial score (nSPS) is 15.6. The summed E-state index contributed by atoms with van der Waals surface area (Å²) < 4.78 is 5.71. The van der Waals surface area contributed by atoms with E-state index >= 15 is 0 Å². The molecule has 1 atom stereocenters. The lowest BCUT2D eigenvalue weighted by Gasteiger charge is -2.26. The molecule has 1 fully saturated rings. The minimum absolute atomic E-state index is 0.0958. The monoisotopic (exact) mass is 440 g/mol. The fourth-order valence-electron chi connectivity index (χ4n) is 3.77. The van der Waals surface area contributed by atoms with Crippen LogP contribution in [0.1, 0.15) is 51.0 Å². The van der Waals surface area contributed by atoms with Crippen molar-refractivity contribution in [2.45, 2.75) is 52.2 Å². The summed E-state index contributed by atoms with van der Waals surface area (Å²) >= 11 is 0. The maximum atomic E-state index is 11.8.